The van der Waals surface area contributed by atoms with Crippen LogP contribution in [0.25, 0.3) is 0 Å². The Morgan fingerprint density at radius 1 is 1.08 bits per heavy atom. The molecule has 1 atom stereocenters. The molecule has 1 N–H and O–H groups in total. The Kier molecular flexibility index (Phi) is 6.83. The monoisotopic (exact) mass is 342 g/mol. The van der Waals surface area contributed by atoms with Gasteiger partial charge in [0, 0.05) is 12.1 Å². The van der Waals surface area contributed by atoms with E-state index in [9.17, 15) is 4.79 Å². The molecule has 0 bridgehead atoms. The molecule has 5 nitrogen and oxygen atoms in total. The average Bonchev–Trinajstić information content (AvgIpc) is 2.62. The van der Waals surface area contributed by atoms with Gasteiger partial charge in [-0.25, -0.2) is 0 Å². The quantitative estimate of drug-likeness (QED) is 0.801. The molecule has 0 aliphatic heterocycles. The van der Waals surface area contributed by atoms with Crippen LogP contribution in [0.3, 0.4) is 0 Å². The van der Waals surface area contributed by atoms with Crippen molar-refractivity contribution in [1.29, 1.82) is 0 Å². The highest BCUT2D eigenvalue weighted by molar-refractivity contribution is 5.96. The molecule has 0 saturated heterocycles. The fourth-order valence-corrected chi connectivity index (χ4v) is 2.73. The van der Waals surface area contributed by atoms with Crippen molar-refractivity contribution in [2.24, 2.45) is 0 Å². The van der Waals surface area contributed by atoms with E-state index in [1.807, 2.05) is 63.5 Å². The van der Waals surface area contributed by atoms with Crippen LogP contribution in [0.4, 0.5) is 0 Å². The summed E-state index contributed by atoms with van der Waals surface area (Å²) >= 11 is 0. The van der Waals surface area contributed by atoms with Gasteiger partial charge in [0.1, 0.15) is 11.5 Å². The minimum absolute atomic E-state index is 0.000597. The van der Waals surface area contributed by atoms with E-state index in [2.05, 4.69) is 10.2 Å². The third-order valence-corrected chi connectivity index (χ3v) is 4.01. The van der Waals surface area contributed by atoms with Crippen molar-refractivity contribution in [3.8, 4) is 11.5 Å². The second-order valence-electron chi connectivity index (χ2n) is 5.86. The highest BCUT2D eigenvalue weighted by Gasteiger charge is 2.20. The maximum Gasteiger partial charge on any atom is 0.255 e. The lowest BCUT2D eigenvalue weighted by atomic mass is 10.0. The van der Waals surface area contributed by atoms with Crippen LogP contribution in [0.5, 0.6) is 11.5 Å². The topological polar surface area (TPSA) is 50.8 Å². The van der Waals surface area contributed by atoms with Crippen LogP contribution in [-0.2, 0) is 0 Å². The molecule has 0 saturated carbocycles. The van der Waals surface area contributed by atoms with E-state index in [0.29, 0.717) is 24.5 Å². The SMILES string of the molecule is CCOc1ccccc1C(=O)NC[C@@H](c1ccccc1OC)N(C)C. The van der Waals surface area contributed by atoms with E-state index >= 15 is 0 Å². The minimum Gasteiger partial charge on any atom is -0.496 e. The molecule has 2 aromatic rings. The van der Waals surface area contributed by atoms with Crippen molar-refractivity contribution in [3.63, 3.8) is 0 Å². The maximum atomic E-state index is 12.6. The number of hydrogen-bond acceptors (Lipinski definition) is 4. The lowest BCUT2D eigenvalue weighted by Gasteiger charge is -2.26. The molecule has 134 valence electrons. The Balaban J connectivity index is 2.15. The summed E-state index contributed by atoms with van der Waals surface area (Å²) in [5.41, 5.74) is 1.58. The van der Waals surface area contributed by atoms with Crippen LogP contribution in [0.1, 0.15) is 28.9 Å². The van der Waals surface area contributed by atoms with Crippen LogP contribution in [-0.4, -0.2) is 45.2 Å². The molecule has 0 fully saturated rings. The standard InChI is InChI=1S/C20H26N2O3/c1-5-25-19-13-9-7-11-16(19)20(23)21-14-17(22(2)3)15-10-6-8-12-18(15)24-4/h6-13,17H,5,14H2,1-4H3,(H,21,23)/t17-/m0/s1. The first kappa shape index (κ1) is 18.8. The van der Waals surface area contributed by atoms with Gasteiger partial charge < -0.3 is 19.7 Å². The summed E-state index contributed by atoms with van der Waals surface area (Å²) in [6.45, 7) is 2.89. The van der Waals surface area contributed by atoms with Gasteiger partial charge in [-0.15, -0.1) is 0 Å². The van der Waals surface area contributed by atoms with E-state index in [4.69, 9.17) is 9.47 Å². The summed E-state index contributed by atoms with van der Waals surface area (Å²) in [5, 5.41) is 3.01. The van der Waals surface area contributed by atoms with Crippen LogP contribution in [0.15, 0.2) is 48.5 Å². The molecule has 1 amide bonds. The summed E-state index contributed by atoms with van der Waals surface area (Å²) in [4.78, 5) is 14.7. The number of amides is 1. The Morgan fingerprint density at radius 2 is 1.72 bits per heavy atom. The summed E-state index contributed by atoms with van der Waals surface area (Å²) in [6, 6.07) is 15.1. The van der Waals surface area contributed by atoms with Gasteiger partial charge in [-0.05, 0) is 39.2 Å². The third-order valence-electron chi connectivity index (χ3n) is 4.01. The Hall–Kier alpha value is -2.53. The summed E-state index contributed by atoms with van der Waals surface area (Å²) in [5.74, 6) is 1.26. The average molecular weight is 342 g/mol. The van der Waals surface area contributed by atoms with Crippen molar-refractivity contribution < 1.29 is 14.3 Å². The molecule has 0 aromatic heterocycles. The van der Waals surface area contributed by atoms with Crippen LogP contribution >= 0.6 is 0 Å². The molecule has 0 heterocycles. The van der Waals surface area contributed by atoms with Gasteiger partial charge in [-0.3, -0.25) is 4.79 Å². The number of carbonyl (C=O) groups excluding carboxylic acids is 1. The maximum absolute atomic E-state index is 12.6. The van der Waals surface area contributed by atoms with Crippen molar-refractivity contribution in [2.45, 2.75) is 13.0 Å². The van der Waals surface area contributed by atoms with E-state index in [0.717, 1.165) is 11.3 Å². The number of nitrogens with zero attached hydrogens (tertiary/aromatic N) is 1. The highest BCUT2D eigenvalue weighted by atomic mass is 16.5. The smallest absolute Gasteiger partial charge is 0.255 e. The zero-order valence-electron chi connectivity index (χ0n) is 15.3. The molecule has 0 aliphatic rings. The van der Waals surface area contributed by atoms with Crippen molar-refractivity contribution in [2.75, 3.05) is 34.4 Å². The number of ether oxygens (including phenoxy) is 2. The summed E-state index contributed by atoms with van der Waals surface area (Å²) in [7, 11) is 5.62. The minimum atomic E-state index is -0.147. The number of para-hydroxylation sites is 2. The largest absolute Gasteiger partial charge is 0.496 e. The van der Waals surface area contributed by atoms with Gasteiger partial charge in [0.15, 0.2) is 0 Å². The number of nitrogens with one attached hydrogen (secondary N) is 1. The normalized spacial score (nSPS) is 11.9. The van der Waals surface area contributed by atoms with Gasteiger partial charge in [0.25, 0.3) is 5.91 Å². The van der Waals surface area contributed by atoms with Gasteiger partial charge in [0.2, 0.25) is 0 Å². The van der Waals surface area contributed by atoms with Gasteiger partial charge >= 0.3 is 0 Å². The van der Waals surface area contributed by atoms with E-state index in [1.54, 1.807) is 13.2 Å². The Morgan fingerprint density at radius 3 is 2.36 bits per heavy atom. The number of benzene rings is 2. The summed E-state index contributed by atoms with van der Waals surface area (Å²) in [6.07, 6.45) is 0. The number of methoxy groups -OCH3 is 1. The molecule has 25 heavy (non-hydrogen) atoms. The predicted octanol–water partition coefficient (Wildman–Crippen LogP) is 3.13. The van der Waals surface area contributed by atoms with Gasteiger partial charge in [-0.1, -0.05) is 30.3 Å². The predicted molar refractivity (Wildman–Crippen MR) is 99.4 cm³/mol. The van der Waals surface area contributed by atoms with E-state index < -0.39 is 0 Å². The molecule has 5 heteroatoms. The number of hydrogen-bond donors (Lipinski definition) is 1. The molecule has 2 rings (SSSR count). The Bertz CT molecular complexity index is 701. The zero-order chi connectivity index (χ0) is 18.2. The molecule has 0 spiro atoms. The van der Waals surface area contributed by atoms with Gasteiger partial charge in [0.05, 0.1) is 25.3 Å². The zero-order valence-corrected chi connectivity index (χ0v) is 15.3. The molecule has 0 radical (unpaired) electrons. The fourth-order valence-electron chi connectivity index (χ4n) is 2.73. The van der Waals surface area contributed by atoms with Crippen molar-refractivity contribution >= 4 is 5.91 Å². The molecule has 0 aliphatic carbocycles. The number of carbonyl (C=O) groups is 1. The second-order valence-corrected chi connectivity index (χ2v) is 5.86. The van der Waals surface area contributed by atoms with Crippen LogP contribution in [0.2, 0.25) is 0 Å². The fraction of sp³-hybridized carbons (Fsp3) is 0.350. The van der Waals surface area contributed by atoms with E-state index in [-0.39, 0.29) is 11.9 Å². The first-order valence-corrected chi connectivity index (χ1v) is 8.37. The van der Waals surface area contributed by atoms with Crippen molar-refractivity contribution in [3.05, 3.63) is 59.7 Å². The molecule has 2 aromatic carbocycles. The van der Waals surface area contributed by atoms with Crippen LogP contribution in [0, 0.1) is 0 Å². The first-order chi connectivity index (χ1) is 12.1. The number of likely N-dealkylation sites (N-methyl/N-ethyl adjacent to an activating group) is 1. The highest BCUT2D eigenvalue weighted by Crippen LogP contribution is 2.27. The lowest BCUT2D eigenvalue weighted by molar-refractivity contribution is 0.0937. The Labute approximate surface area is 149 Å². The van der Waals surface area contributed by atoms with Crippen LogP contribution < -0.4 is 14.8 Å². The third kappa shape index (κ3) is 4.73. The number of rotatable bonds is 8. The van der Waals surface area contributed by atoms with E-state index in [1.165, 1.54) is 0 Å². The first-order valence-electron chi connectivity index (χ1n) is 8.37. The molecule has 0 unspecified atom stereocenters. The van der Waals surface area contributed by atoms with Crippen molar-refractivity contribution in [1.82, 2.24) is 10.2 Å². The summed E-state index contributed by atoms with van der Waals surface area (Å²) < 4.78 is 11.0. The molecular formula is C20H26N2O3. The lowest BCUT2D eigenvalue weighted by Crippen LogP contribution is -2.35. The van der Waals surface area contributed by atoms with Gasteiger partial charge in [-0.2, -0.15) is 0 Å². The second kappa shape index (κ2) is 9.08. The molecular weight excluding hydrogens is 316 g/mol.